The molecule has 0 aliphatic carbocycles. The number of carboxylic acids is 1. The Kier molecular flexibility index (Phi) is 2.28. The molecule has 82 valence electrons. The minimum atomic E-state index is -1.15. The van der Waals surface area contributed by atoms with E-state index in [4.69, 9.17) is 5.11 Å². The number of aromatic carboxylic acids is 1. The van der Waals surface area contributed by atoms with Crippen molar-refractivity contribution in [3.8, 4) is 5.82 Å². The van der Waals surface area contributed by atoms with Gasteiger partial charge >= 0.3 is 5.97 Å². The fourth-order valence-electron chi connectivity index (χ4n) is 1.20. The summed E-state index contributed by atoms with van der Waals surface area (Å²) in [7, 11) is 1.58. The molecule has 0 aliphatic rings. The molecular formula is C9H8N4O3. The summed E-state index contributed by atoms with van der Waals surface area (Å²) >= 11 is 0. The summed E-state index contributed by atoms with van der Waals surface area (Å²) in [5.74, 6) is -1.08. The summed E-state index contributed by atoms with van der Waals surface area (Å²) in [6.45, 7) is 0. The van der Waals surface area contributed by atoms with Crippen molar-refractivity contribution in [3.63, 3.8) is 0 Å². The van der Waals surface area contributed by atoms with E-state index in [0.717, 1.165) is 4.68 Å². The molecule has 0 atom stereocenters. The summed E-state index contributed by atoms with van der Waals surface area (Å²) in [5, 5.41) is 12.4. The van der Waals surface area contributed by atoms with Gasteiger partial charge in [0.15, 0.2) is 5.69 Å². The quantitative estimate of drug-likeness (QED) is 0.748. The van der Waals surface area contributed by atoms with Crippen molar-refractivity contribution in [1.82, 2.24) is 19.3 Å². The molecule has 0 fully saturated rings. The first-order chi connectivity index (χ1) is 7.59. The fourth-order valence-corrected chi connectivity index (χ4v) is 1.20. The van der Waals surface area contributed by atoms with Gasteiger partial charge in [-0.05, 0) is 6.07 Å². The summed E-state index contributed by atoms with van der Waals surface area (Å²) in [5.41, 5.74) is -0.477. The van der Waals surface area contributed by atoms with Gasteiger partial charge in [0.1, 0.15) is 0 Å². The summed E-state index contributed by atoms with van der Waals surface area (Å²) in [4.78, 5) is 26.1. The molecule has 7 nitrogen and oxygen atoms in total. The highest BCUT2D eigenvalue weighted by atomic mass is 16.4. The Morgan fingerprint density at radius 2 is 2.19 bits per heavy atom. The van der Waals surface area contributed by atoms with Crippen LogP contribution in [0.4, 0.5) is 0 Å². The number of aromatic nitrogens is 4. The van der Waals surface area contributed by atoms with Crippen molar-refractivity contribution < 1.29 is 9.90 Å². The molecule has 0 amide bonds. The average Bonchev–Trinajstić information content (AvgIpc) is 2.71. The average molecular weight is 220 g/mol. The van der Waals surface area contributed by atoms with Crippen LogP contribution in [0.5, 0.6) is 0 Å². The zero-order chi connectivity index (χ0) is 11.7. The Morgan fingerprint density at radius 3 is 2.81 bits per heavy atom. The molecule has 0 spiro atoms. The van der Waals surface area contributed by atoms with Gasteiger partial charge in [-0.15, -0.1) is 0 Å². The topological polar surface area (TPSA) is 90.0 Å². The van der Waals surface area contributed by atoms with E-state index < -0.39 is 5.97 Å². The predicted octanol–water partition coefficient (Wildman–Crippen LogP) is -0.336. The van der Waals surface area contributed by atoms with Crippen molar-refractivity contribution in [2.75, 3.05) is 0 Å². The number of carboxylic acid groups (broad SMARTS) is 1. The van der Waals surface area contributed by atoms with Crippen LogP contribution in [-0.4, -0.2) is 30.4 Å². The standard InChI is InChI=1S/C9H8N4O3/c1-12-5-3-10-7(8(12)14)13-4-2-6(11-13)9(15)16/h2-5H,1H3,(H,15,16). The highest BCUT2D eigenvalue weighted by molar-refractivity contribution is 5.85. The number of carbonyl (C=O) groups is 1. The van der Waals surface area contributed by atoms with Crippen LogP contribution in [0.1, 0.15) is 10.5 Å². The van der Waals surface area contributed by atoms with E-state index in [1.165, 1.54) is 29.2 Å². The molecule has 16 heavy (non-hydrogen) atoms. The Labute approximate surface area is 89.6 Å². The van der Waals surface area contributed by atoms with Crippen LogP contribution in [0.2, 0.25) is 0 Å². The maximum atomic E-state index is 11.6. The minimum absolute atomic E-state index is 0.0671. The van der Waals surface area contributed by atoms with E-state index >= 15 is 0 Å². The van der Waals surface area contributed by atoms with Gasteiger partial charge in [0.25, 0.3) is 5.56 Å². The fraction of sp³-hybridized carbons (Fsp3) is 0.111. The van der Waals surface area contributed by atoms with Crippen molar-refractivity contribution in [1.29, 1.82) is 0 Å². The molecule has 7 heteroatoms. The Balaban J connectivity index is 2.55. The normalized spacial score (nSPS) is 10.3. The Morgan fingerprint density at radius 1 is 1.44 bits per heavy atom. The first-order valence-corrected chi connectivity index (χ1v) is 4.40. The lowest BCUT2D eigenvalue weighted by atomic mass is 10.5. The third kappa shape index (κ3) is 1.58. The Bertz CT molecular complexity index is 599. The number of nitrogens with zero attached hydrogens (tertiary/aromatic N) is 4. The van der Waals surface area contributed by atoms with E-state index in [0.29, 0.717) is 0 Å². The lowest BCUT2D eigenvalue weighted by Gasteiger charge is -2.00. The lowest BCUT2D eigenvalue weighted by Crippen LogP contribution is -2.23. The molecule has 2 rings (SSSR count). The van der Waals surface area contributed by atoms with Gasteiger partial charge in [-0.1, -0.05) is 0 Å². The van der Waals surface area contributed by atoms with Gasteiger partial charge in [0.2, 0.25) is 5.82 Å². The van der Waals surface area contributed by atoms with E-state index in [2.05, 4.69) is 10.1 Å². The van der Waals surface area contributed by atoms with E-state index in [-0.39, 0.29) is 17.1 Å². The molecule has 2 aromatic heterocycles. The first kappa shape index (κ1) is 10.1. The van der Waals surface area contributed by atoms with Crippen LogP contribution < -0.4 is 5.56 Å². The van der Waals surface area contributed by atoms with Gasteiger partial charge in [0.05, 0.1) is 0 Å². The van der Waals surface area contributed by atoms with Crippen LogP contribution >= 0.6 is 0 Å². The molecular weight excluding hydrogens is 212 g/mol. The third-order valence-electron chi connectivity index (χ3n) is 2.02. The van der Waals surface area contributed by atoms with E-state index in [9.17, 15) is 9.59 Å². The van der Waals surface area contributed by atoms with Crippen molar-refractivity contribution in [2.45, 2.75) is 0 Å². The first-order valence-electron chi connectivity index (χ1n) is 4.40. The molecule has 2 heterocycles. The third-order valence-corrected chi connectivity index (χ3v) is 2.02. The number of rotatable bonds is 2. The molecule has 0 saturated carbocycles. The van der Waals surface area contributed by atoms with Gasteiger partial charge in [-0.25, -0.2) is 14.5 Å². The predicted molar refractivity (Wildman–Crippen MR) is 53.6 cm³/mol. The summed E-state index contributed by atoms with van der Waals surface area (Å²) in [6, 6.07) is 1.30. The van der Waals surface area contributed by atoms with Gasteiger partial charge in [-0.2, -0.15) is 5.10 Å². The monoisotopic (exact) mass is 220 g/mol. The lowest BCUT2D eigenvalue weighted by molar-refractivity contribution is 0.0690. The smallest absolute Gasteiger partial charge is 0.356 e. The zero-order valence-corrected chi connectivity index (χ0v) is 8.36. The molecule has 0 aromatic carbocycles. The Hall–Kier alpha value is -2.44. The highest BCUT2D eigenvalue weighted by Crippen LogP contribution is 1.99. The largest absolute Gasteiger partial charge is 0.476 e. The molecule has 0 radical (unpaired) electrons. The van der Waals surface area contributed by atoms with Crippen LogP contribution in [0, 0.1) is 0 Å². The summed E-state index contributed by atoms with van der Waals surface area (Å²) < 4.78 is 2.48. The van der Waals surface area contributed by atoms with Crippen molar-refractivity contribution >= 4 is 5.97 Å². The molecule has 0 saturated heterocycles. The van der Waals surface area contributed by atoms with Crippen molar-refractivity contribution in [2.24, 2.45) is 7.05 Å². The van der Waals surface area contributed by atoms with Crippen LogP contribution in [0.25, 0.3) is 5.82 Å². The number of hydrogen-bond donors (Lipinski definition) is 1. The van der Waals surface area contributed by atoms with Crippen LogP contribution in [0.3, 0.4) is 0 Å². The maximum absolute atomic E-state index is 11.6. The molecule has 0 aliphatic heterocycles. The van der Waals surface area contributed by atoms with Gasteiger partial charge in [0, 0.05) is 25.6 Å². The second kappa shape index (κ2) is 3.61. The summed E-state index contributed by atoms with van der Waals surface area (Å²) in [6.07, 6.45) is 4.33. The number of aryl methyl sites for hydroxylation is 1. The van der Waals surface area contributed by atoms with Crippen LogP contribution in [-0.2, 0) is 7.05 Å². The zero-order valence-electron chi connectivity index (χ0n) is 8.36. The second-order valence-corrected chi connectivity index (χ2v) is 3.12. The molecule has 0 unspecified atom stereocenters. The SMILES string of the molecule is Cn1ccnc(-n2ccc(C(=O)O)n2)c1=O. The maximum Gasteiger partial charge on any atom is 0.356 e. The van der Waals surface area contributed by atoms with Gasteiger partial charge in [-0.3, -0.25) is 4.79 Å². The number of hydrogen-bond acceptors (Lipinski definition) is 4. The van der Waals surface area contributed by atoms with Crippen molar-refractivity contribution in [3.05, 3.63) is 40.7 Å². The second-order valence-electron chi connectivity index (χ2n) is 3.12. The van der Waals surface area contributed by atoms with Gasteiger partial charge < -0.3 is 9.67 Å². The minimum Gasteiger partial charge on any atom is -0.476 e. The molecule has 1 N–H and O–H groups in total. The van der Waals surface area contributed by atoms with E-state index in [1.54, 1.807) is 7.05 Å². The highest BCUT2D eigenvalue weighted by Gasteiger charge is 2.10. The van der Waals surface area contributed by atoms with E-state index in [1.807, 2.05) is 0 Å². The molecule has 0 bridgehead atoms. The van der Waals surface area contributed by atoms with Crippen LogP contribution in [0.15, 0.2) is 29.5 Å². The molecule has 2 aromatic rings.